The molecule has 0 nitrogen and oxygen atoms in total. The standard InChI is InChI=1S/7BrH.Mg.2H/h7*1H;;;/q;;;;;;;+2;2*-1. The van der Waals surface area contributed by atoms with Crippen LogP contribution in [-0.2, 0) is 0 Å². The molecule has 60 valence electrons. The van der Waals surface area contributed by atoms with Crippen molar-refractivity contribution in [1.29, 1.82) is 0 Å². The molecule has 0 unspecified atom stereocenters. The van der Waals surface area contributed by atoms with Gasteiger partial charge in [0, 0.05) is 0 Å². The fourth-order valence-corrected chi connectivity index (χ4v) is 0. The molecule has 0 aliphatic carbocycles. The van der Waals surface area contributed by atoms with Crippen LogP contribution in [0.1, 0.15) is 2.85 Å². The van der Waals surface area contributed by atoms with E-state index in [1.54, 1.807) is 0 Å². The molecular formula is H9Br7Mg. The van der Waals surface area contributed by atoms with E-state index in [4.69, 9.17) is 0 Å². The number of hydrogen-bond donors (Lipinski definition) is 0. The van der Waals surface area contributed by atoms with Crippen LogP contribution in [0.2, 0.25) is 0 Å². The zero-order valence-electron chi connectivity index (χ0n) is 5.56. The van der Waals surface area contributed by atoms with Crippen molar-refractivity contribution >= 4 is 142 Å². The normalized spacial score (nSPS) is 0. The van der Waals surface area contributed by atoms with E-state index in [1.165, 1.54) is 0 Å². The SMILES string of the molecule is Br.Br.Br.Br.Br.Br.Br.[H-].[H-].[Mg+2]. The Morgan fingerprint density at radius 1 is 0.375 bits per heavy atom. The van der Waals surface area contributed by atoms with Gasteiger partial charge >= 0.3 is 23.1 Å². The van der Waals surface area contributed by atoms with Crippen molar-refractivity contribution in [1.82, 2.24) is 0 Å². The molecule has 0 aromatic heterocycles. The molecule has 0 aliphatic heterocycles. The van der Waals surface area contributed by atoms with Gasteiger partial charge in [-0.3, -0.25) is 0 Å². The molecule has 0 aromatic rings. The summed E-state index contributed by atoms with van der Waals surface area (Å²) in [5, 5.41) is 0. The van der Waals surface area contributed by atoms with E-state index < -0.39 is 0 Å². The molecular weight excluding hydrogens is 584 g/mol. The van der Waals surface area contributed by atoms with E-state index in [2.05, 4.69) is 0 Å². The summed E-state index contributed by atoms with van der Waals surface area (Å²) < 4.78 is 0. The first-order chi connectivity index (χ1) is 0. The Balaban J connectivity index is 0. The summed E-state index contributed by atoms with van der Waals surface area (Å²) in [5.74, 6) is 0. The monoisotopic (exact) mass is 585 g/mol. The van der Waals surface area contributed by atoms with E-state index in [9.17, 15) is 0 Å². The molecule has 0 bridgehead atoms. The van der Waals surface area contributed by atoms with Crippen molar-refractivity contribution < 1.29 is 2.85 Å². The molecule has 0 amide bonds. The van der Waals surface area contributed by atoms with Crippen molar-refractivity contribution in [2.45, 2.75) is 0 Å². The zero-order valence-corrected chi connectivity index (χ0v) is 17.0. The molecule has 0 heterocycles. The fraction of sp³-hybridized carbons (Fsp3) is 0. The van der Waals surface area contributed by atoms with E-state index in [1.807, 2.05) is 0 Å². The first kappa shape index (κ1) is 88.2. The molecule has 0 rings (SSSR count). The number of halogens is 7. The van der Waals surface area contributed by atoms with Gasteiger partial charge in [-0.15, -0.1) is 119 Å². The molecule has 8 heteroatoms. The van der Waals surface area contributed by atoms with Gasteiger partial charge in [0.15, 0.2) is 0 Å². The van der Waals surface area contributed by atoms with Crippen LogP contribution in [-0.4, -0.2) is 23.1 Å². The Morgan fingerprint density at radius 2 is 0.375 bits per heavy atom. The van der Waals surface area contributed by atoms with Gasteiger partial charge in [0.1, 0.15) is 0 Å². The minimum atomic E-state index is 0. The molecule has 0 N–H and O–H groups in total. The third-order valence-corrected chi connectivity index (χ3v) is 0. The maximum Gasteiger partial charge on any atom is 2.00 e. The zero-order chi connectivity index (χ0) is 0. The summed E-state index contributed by atoms with van der Waals surface area (Å²) >= 11 is 0. The smallest absolute Gasteiger partial charge is 1.00 e. The van der Waals surface area contributed by atoms with E-state index in [-0.39, 0.29) is 145 Å². The molecule has 0 aromatic carbocycles. The van der Waals surface area contributed by atoms with E-state index in [0.29, 0.717) is 0 Å². The van der Waals surface area contributed by atoms with Crippen LogP contribution in [0.15, 0.2) is 0 Å². The van der Waals surface area contributed by atoms with Crippen molar-refractivity contribution in [3.63, 3.8) is 0 Å². The first-order valence-electron chi connectivity index (χ1n) is 0. The van der Waals surface area contributed by atoms with Crippen molar-refractivity contribution in [2.75, 3.05) is 0 Å². The van der Waals surface area contributed by atoms with Crippen molar-refractivity contribution in [2.24, 2.45) is 0 Å². The van der Waals surface area contributed by atoms with Crippen molar-refractivity contribution in [3.8, 4) is 0 Å². The largest absolute Gasteiger partial charge is 2.00 e. The van der Waals surface area contributed by atoms with Crippen LogP contribution < -0.4 is 0 Å². The molecule has 0 fully saturated rings. The van der Waals surface area contributed by atoms with Crippen LogP contribution in [0.4, 0.5) is 0 Å². The predicted molar refractivity (Wildman–Crippen MR) is 80.2 cm³/mol. The van der Waals surface area contributed by atoms with Crippen LogP contribution in [0.3, 0.4) is 0 Å². The summed E-state index contributed by atoms with van der Waals surface area (Å²) in [4.78, 5) is 0. The molecule has 8 heavy (non-hydrogen) atoms. The molecule has 0 radical (unpaired) electrons. The van der Waals surface area contributed by atoms with Gasteiger partial charge in [-0.25, -0.2) is 0 Å². The molecule has 0 spiro atoms. The van der Waals surface area contributed by atoms with Gasteiger partial charge in [0.2, 0.25) is 0 Å². The van der Waals surface area contributed by atoms with E-state index >= 15 is 0 Å². The second kappa shape index (κ2) is 67.0. The Labute approximate surface area is 142 Å². The summed E-state index contributed by atoms with van der Waals surface area (Å²) in [6.07, 6.45) is 0. The second-order valence-corrected chi connectivity index (χ2v) is 0. The molecule has 0 saturated heterocycles. The molecule has 0 atom stereocenters. The average molecular weight is 593 g/mol. The Bertz CT molecular complexity index is 11.6. The van der Waals surface area contributed by atoms with Crippen molar-refractivity contribution in [3.05, 3.63) is 0 Å². The average Bonchev–Trinajstić information content (AvgIpc) is 0. The van der Waals surface area contributed by atoms with Crippen LogP contribution in [0.5, 0.6) is 0 Å². The van der Waals surface area contributed by atoms with Crippen LogP contribution >= 0.6 is 119 Å². The Morgan fingerprint density at radius 3 is 0.375 bits per heavy atom. The predicted octanol–water partition coefficient (Wildman–Crippen LogP) is 3.89. The third-order valence-electron chi connectivity index (χ3n) is 0. The van der Waals surface area contributed by atoms with Gasteiger partial charge in [-0.2, -0.15) is 0 Å². The van der Waals surface area contributed by atoms with Crippen LogP contribution in [0.25, 0.3) is 0 Å². The summed E-state index contributed by atoms with van der Waals surface area (Å²) in [7, 11) is 0. The van der Waals surface area contributed by atoms with Gasteiger partial charge in [-0.1, -0.05) is 0 Å². The minimum absolute atomic E-state index is 0. The minimum Gasteiger partial charge on any atom is -1.00 e. The third kappa shape index (κ3) is 49.5. The quantitative estimate of drug-likeness (QED) is 0.375. The summed E-state index contributed by atoms with van der Waals surface area (Å²) in [6, 6.07) is 0. The van der Waals surface area contributed by atoms with E-state index in [0.717, 1.165) is 0 Å². The van der Waals surface area contributed by atoms with Gasteiger partial charge in [-0.05, 0) is 0 Å². The van der Waals surface area contributed by atoms with Crippen LogP contribution in [0, 0.1) is 0 Å². The topological polar surface area (TPSA) is 0 Å². The number of rotatable bonds is 0. The maximum atomic E-state index is 0. The van der Waals surface area contributed by atoms with Gasteiger partial charge in [0.25, 0.3) is 0 Å². The Hall–Kier alpha value is 4.13. The molecule has 0 saturated carbocycles. The second-order valence-electron chi connectivity index (χ2n) is 0. The number of hydrogen-bond acceptors (Lipinski definition) is 0. The molecule has 0 aliphatic rings. The summed E-state index contributed by atoms with van der Waals surface area (Å²) in [5.41, 5.74) is 0. The van der Waals surface area contributed by atoms with Gasteiger partial charge in [0.05, 0.1) is 0 Å². The fourth-order valence-electron chi connectivity index (χ4n) is 0. The first-order valence-corrected chi connectivity index (χ1v) is 0. The van der Waals surface area contributed by atoms with Gasteiger partial charge < -0.3 is 2.85 Å². The maximum absolute atomic E-state index is 0. The Kier molecular flexibility index (Phi) is 739. The summed E-state index contributed by atoms with van der Waals surface area (Å²) in [6.45, 7) is 0.